The van der Waals surface area contributed by atoms with Gasteiger partial charge < -0.3 is 19.3 Å². The standard InChI is InChI=1S/C18H17ClN2O5/c19-13-3-1-2-11(6-13)15-7-14(20-26-15)16(22)21-8-12-9-25-5-4-18(12,10-21)17(23)24/h1-3,6-7,12H,4-5,8-10H2,(H,23,24)/t12-,18+/m0/s1. The molecule has 26 heavy (non-hydrogen) atoms. The van der Waals surface area contributed by atoms with Gasteiger partial charge in [-0.3, -0.25) is 9.59 Å². The monoisotopic (exact) mass is 376 g/mol. The fraction of sp³-hybridized carbons (Fsp3) is 0.389. The van der Waals surface area contributed by atoms with E-state index in [0.29, 0.717) is 37.0 Å². The Morgan fingerprint density at radius 2 is 2.19 bits per heavy atom. The van der Waals surface area contributed by atoms with Gasteiger partial charge in [-0.05, 0) is 18.6 Å². The van der Waals surface area contributed by atoms with E-state index in [4.69, 9.17) is 20.9 Å². The second-order valence-electron chi connectivity index (χ2n) is 6.76. The van der Waals surface area contributed by atoms with Gasteiger partial charge in [0, 0.05) is 42.3 Å². The molecule has 2 saturated heterocycles. The molecule has 0 unspecified atom stereocenters. The molecule has 0 spiro atoms. The van der Waals surface area contributed by atoms with Gasteiger partial charge in [0.15, 0.2) is 11.5 Å². The van der Waals surface area contributed by atoms with Crippen LogP contribution in [0.1, 0.15) is 16.9 Å². The number of amides is 1. The number of hydrogen-bond acceptors (Lipinski definition) is 5. The topological polar surface area (TPSA) is 92.9 Å². The number of nitrogens with zero attached hydrogens (tertiary/aromatic N) is 2. The molecule has 2 atom stereocenters. The number of carbonyl (C=O) groups excluding carboxylic acids is 1. The van der Waals surface area contributed by atoms with E-state index in [2.05, 4.69) is 5.16 Å². The van der Waals surface area contributed by atoms with Gasteiger partial charge in [-0.15, -0.1) is 0 Å². The van der Waals surface area contributed by atoms with Gasteiger partial charge >= 0.3 is 5.97 Å². The highest BCUT2D eigenvalue weighted by atomic mass is 35.5. The molecule has 1 amide bonds. The third kappa shape index (κ3) is 2.77. The zero-order valence-electron chi connectivity index (χ0n) is 13.9. The number of aromatic nitrogens is 1. The van der Waals surface area contributed by atoms with Crippen molar-refractivity contribution in [3.63, 3.8) is 0 Å². The Labute approximate surface area is 154 Å². The summed E-state index contributed by atoms with van der Waals surface area (Å²) >= 11 is 5.98. The van der Waals surface area contributed by atoms with Crippen molar-refractivity contribution in [1.29, 1.82) is 0 Å². The number of carbonyl (C=O) groups is 2. The molecule has 1 N–H and O–H groups in total. The summed E-state index contributed by atoms with van der Waals surface area (Å²) in [4.78, 5) is 26.2. The SMILES string of the molecule is O=C(c1cc(-c2cccc(Cl)c2)on1)N1C[C@H]2COCC[C@@]2(C(=O)O)C1. The lowest BCUT2D eigenvalue weighted by Crippen LogP contribution is -2.45. The first-order valence-electron chi connectivity index (χ1n) is 8.33. The van der Waals surface area contributed by atoms with Crippen molar-refractivity contribution < 1.29 is 24.0 Å². The second-order valence-corrected chi connectivity index (χ2v) is 7.19. The largest absolute Gasteiger partial charge is 0.481 e. The summed E-state index contributed by atoms with van der Waals surface area (Å²) in [6, 6.07) is 8.61. The smallest absolute Gasteiger partial charge is 0.311 e. The molecule has 0 bridgehead atoms. The highest BCUT2D eigenvalue weighted by molar-refractivity contribution is 6.30. The van der Waals surface area contributed by atoms with Gasteiger partial charge in [0.2, 0.25) is 0 Å². The summed E-state index contributed by atoms with van der Waals surface area (Å²) in [6.45, 7) is 1.25. The third-order valence-corrected chi connectivity index (χ3v) is 5.49. The summed E-state index contributed by atoms with van der Waals surface area (Å²) < 4.78 is 10.7. The zero-order chi connectivity index (χ0) is 18.3. The molecule has 2 aliphatic rings. The van der Waals surface area contributed by atoms with Crippen LogP contribution in [0.3, 0.4) is 0 Å². The summed E-state index contributed by atoms with van der Waals surface area (Å²) in [6.07, 6.45) is 0.406. The molecule has 2 fully saturated rings. The molecule has 0 aliphatic carbocycles. The summed E-state index contributed by atoms with van der Waals surface area (Å²) in [5.41, 5.74) is -0.0670. The fourth-order valence-electron chi connectivity index (χ4n) is 3.77. The van der Waals surface area contributed by atoms with E-state index in [1.165, 1.54) is 4.90 Å². The van der Waals surface area contributed by atoms with Crippen molar-refractivity contribution in [3.05, 3.63) is 41.0 Å². The number of carboxylic acids is 1. The van der Waals surface area contributed by atoms with Gasteiger partial charge in [0.1, 0.15) is 0 Å². The fourth-order valence-corrected chi connectivity index (χ4v) is 3.96. The number of halogens is 1. The van der Waals surface area contributed by atoms with Crippen molar-refractivity contribution in [2.45, 2.75) is 6.42 Å². The molecule has 4 rings (SSSR count). The Kier molecular flexibility index (Phi) is 4.20. The lowest BCUT2D eigenvalue weighted by Gasteiger charge is -2.33. The van der Waals surface area contributed by atoms with Gasteiger partial charge in [-0.1, -0.05) is 28.9 Å². The Morgan fingerprint density at radius 3 is 2.92 bits per heavy atom. The number of aliphatic carboxylic acids is 1. The average Bonchev–Trinajstić information content (AvgIpc) is 3.27. The van der Waals surface area contributed by atoms with Crippen LogP contribution in [0.2, 0.25) is 5.02 Å². The van der Waals surface area contributed by atoms with Gasteiger partial charge in [0.25, 0.3) is 5.91 Å². The van der Waals surface area contributed by atoms with Crippen LogP contribution in [0.4, 0.5) is 0 Å². The molecule has 0 radical (unpaired) electrons. The van der Waals surface area contributed by atoms with E-state index >= 15 is 0 Å². The van der Waals surface area contributed by atoms with E-state index in [9.17, 15) is 14.7 Å². The highest BCUT2D eigenvalue weighted by Gasteiger charge is 2.55. The molecule has 3 heterocycles. The number of ether oxygens (including phenoxy) is 1. The molecular formula is C18H17ClN2O5. The maximum absolute atomic E-state index is 12.8. The molecule has 0 saturated carbocycles. The van der Waals surface area contributed by atoms with Crippen LogP contribution < -0.4 is 0 Å². The first-order chi connectivity index (χ1) is 12.5. The van der Waals surface area contributed by atoms with Gasteiger partial charge in [-0.25, -0.2) is 0 Å². The van der Waals surface area contributed by atoms with Crippen LogP contribution in [0.5, 0.6) is 0 Å². The normalized spacial score (nSPS) is 25.1. The molecule has 7 nitrogen and oxygen atoms in total. The van der Waals surface area contributed by atoms with Gasteiger partial charge in [-0.2, -0.15) is 0 Å². The number of hydrogen-bond donors (Lipinski definition) is 1. The zero-order valence-corrected chi connectivity index (χ0v) is 14.6. The summed E-state index contributed by atoms with van der Waals surface area (Å²) in [5, 5.41) is 14.1. The van der Waals surface area contributed by atoms with E-state index < -0.39 is 11.4 Å². The molecule has 136 valence electrons. The van der Waals surface area contributed by atoms with Gasteiger partial charge in [0.05, 0.1) is 12.0 Å². The van der Waals surface area contributed by atoms with Crippen LogP contribution in [0.15, 0.2) is 34.9 Å². The van der Waals surface area contributed by atoms with Crippen molar-refractivity contribution in [3.8, 4) is 11.3 Å². The van der Waals surface area contributed by atoms with E-state index in [1.54, 1.807) is 24.3 Å². The Hall–Kier alpha value is -2.38. The first kappa shape index (κ1) is 17.1. The van der Waals surface area contributed by atoms with Crippen LogP contribution in [-0.4, -0.2) is 53.3 Å². The van der Waals surface area contributed by atoms with Crippen LogP contribution in [0.25, 0.3) is 11.3 Å². The van der Waals surface area contributed by atoms with Crippen LogP contribution in [-0.2, 0) is 9.53 Å². The maximum Gasteiger partial charge on any atom is 0.311 e. The number of fused-ring (bicyclic) bond motifs is 1. The number of rotatable bonds is 3. The quantitative estimate of drug-likeness (QED) is 0.884. The third-order valence-electron chi connectivity index (χ3n) is 5.26. The van der Waals surface area contributed by atoms with Crippen molar-refractivity contribution >= 4 is 23.5 Å². The van der Waals surface area contributed by atoms with Crippen LogP contribution >= 0.6 is 11.6 Å². The van der Waals surface area contributed by atoms with Crippen molar-refractivity contribution in [2.75, 3.05) is 26.3 Å². The maximum atomic E-state index is 12.8. The summed E-state index contributed by atoms with van der Waals surface area (Å²) in [5.74, 6) is -0.987. The van der Waals surface area contributed by atoms with E-state index in [-0.39, 0.29) is 24.1 Å². The Bertz CT molecular complexity index is 867. The lowest BCUT2D eigenvalue weighted by atomic mass is 9.74. The minimum atomic E-state index is -0.937. The van der Waals surface area contributed by atoms with E-state index in [1.807, 2.05) is 6.07 Å². The molecule has 2 aliphatic heterocycles. The predicted molar refractivity (Wildman–Crippen MR) is 91.8 cm³/mol. The average molecular weight is 377 g/mol. The first-order valence-corrected chi connectivity index (χ1v) is 8.70. The lowest BCUT2D eigenvalue weighted by molar-refractivity contribution is -0.157. The predicted octanol–water partition coefficient (Wildman–Crippen LogP) is 2.56. The molecule has 2 aromatic rings. The molecule has 8 heteroatoms. The number of carboxylic acid groups (broad SMARTS) is 1. The second kappa shape index (κ2) is 6.41. The Morgan fingerprint density at radius 1 is 1.35 bits per heavy atom. The van der Waals surface area contributed by atoms with Crippen molar-refractivity contribution in [2.24, 2.45) is 11.3 Å². The molecular weight excluding hydrogens is 360 g/mol. The molecule has 1 aromatic carbocycles. The van der Waals surface area contributed by atoms with E-state index in [0.717, 1.165) is 5.56 Å². The number of likely N-dealkylation sites (tertiary alicyclic amines) is 1. The minimum Gasteiger partial charge on any atom is -0.481 e. The van der Waals surface area contributed by atoms with Crippen molar-refractivity contribution in [1.82, 2.24) is 10.1 Å². The molecule has 1 aromatic heterocycles. The minimum absolute atomic E-state index is 0.153. The highest BCUT2D eigenvalue weighted by Crippen LogP contribution is 2.42. The Balaban J connectivity index is 1.56. The van der Waals surface area contributed by atoms with Crippen LogP contribution in [0, 0.1) is 11.3 Å². The summed E-state index contributed by atoms with van der Waals surface area (Å²) in [7, 11) is 0. The number of benzene rings is 1.